The molecule has 0 saturated carbocycles. The highest BCUT2D eigenvalue weighted by molar-refractivity contribution is 7.21. The highest BCUT2D eigenvalue weighted by Gasteiger charge is 2.08. The number of rotatable bonds is 3. The van der Waals surface area contributed by atoms with Crippen molar-refractivity contribution in [3.63, 3.8) is 0 Å². The number of anilines is 3. The number of nitrogens with zero attached hydrogens (tertiary/aromatic N) is 1. The van der Waals surface area contributed by atoms with Gasteiger partial charge >= 0.3 is 6.03 Å². The van der Waals surface area contributed by atoms with E-state index in [2.05, 4.69) is 34.7 Å². The fraction of sp³-hybridized carbons (Fsp3) is 0.0476. The smallest absolute Gasteiger partial charge is 0.323 e. The molecule has 0 aliphatic rings. The molecule has 4 rings (SSSR count). The van der Waals surface area contributed by atoms with Crippen molar-refractivity contribution in [3.8, 4) is 10.6 Å². The Hall–Kier alpha value is -3.38. The highest BCUT2D eigenvalue weighted by atomic mass is 32.1. The third-order valence-corrected chi connectivity index (χ3v) is 5.17. The molecule has 134 valence electrons. The van der Waals surface area contributed by atoms with Crippen LogP contribution in [0.5, 0.6) is 0 Å². The van der Waals surface area contributed by atoms with E-state index in [4.69, 9.17) is 5.73 Å². The molecule has 0 aliphatic carbocycles. The quantitative estimate of drug-likeness (QED) is 0.414. The Balaban J connectivity index is 1.46. The summed E-state index contributed by atoms with van der Waals surface area (Å²) in [7, 11) is 0. The first-order valence-corrected chi connectivity index (χ1v) is 9.30. The lowest BCUT2D eigenvalue weighted by molar-refractivity contribution is 0.262. The Kier molecular flexibility index (Phi) is 4.48. The molecule has 5 nitrogen and oxygen atoms in total. The van der Waals surface area contributed by atoms with E-state index in [-0.39, 0.29) is 6.03 Å². The van der Waals surface area contributed by atoms with Gasteiger partial charge in [-0.1, -0.05) is 6.07 Å². The molecule has 0 atom stereocenters. The monoisotopic (exact) mass is 374 g/mol. The van der Waals surface area contributed by atoms with Gasteiger partial charge in [-0.25, -0.2) is 9.78 Å². The minimum absolute atomic E-state index is 0.303. The number of hydrogen-bond donors (Lipinski definition) is 3. The van der Waals surface area contributed by atoms with Gasteiger partial charge < -0.3 is 16.4 Å². The van der Waals surface area contributed by atoms with Crippen molar-refractivity contribution in [2.75, 3.05) is 16.4 Å². The lowest BCUT2D eigenvalue weighted by Crippen LogP contribution is -2.19. The number of hydrogen-bond acceptors (Lipinski definition) is 4. The fourth-order valence-electron chi connectivity index (χ4n) is 2.71. The molecule has 4 aromatic rings. The summed E-state index contributed by atoms with van der Waals surface area (Å²) in [5.74, 6) is 0. The molecule has 1 heterocycles. The van der Waals surface area contributed by atoms with Crippen molar-refractivity contribution >= 4 is 44.6 Å². The Labute approximate surface area is 160 Å². The molecular formula is C21H18N4OS. The maximum absolute atomic E-state index is 12.1. The number of carbonyl (C=O) groups is 1. The summed E-state index contributed by atoms with van der Waals surface area (Å²) < 4.78 is 1.18. The van der Waals surface area contributed by atoms with Crippen LogP contribution in [0.1, 0.15) is 5.56 Å². The molecule has 1 aromatic heterocycles. The van der Waals surface area contributed by atoms with E-state index in [0.29, 0.717) is 17.1 Å². The van der Waals surface area contributed by atoms with Gasteiger partial charge in [0, 0.05) is 22.6 Å². The van der Waals surface area contributed by atoms with Crippen LogP contribution < -0.4 is 16.4 Å². The summed E-state index contributed by atoms with van der Waals surface area (Å²) >= 11 is 1.67. The summed E-state index contributed by atoms with van der Waals surface area (Å²) in [5, 5.41) is 6.56. The van der Waals surface area contributed by atoms with Crippen LogP contribution in [-0.4, -0.2) is 11.0 Å². The second kappa shape index (κ2) is 7.09. The number of nitrogen functional groups attached to an aromatic ring is 1. The van der Waals surface area contributed by atoms with E-state index >= 15 is 0 Å². The van der Waals surface area contributed by atoms with Crippen LogP contribution in [0.3, 0.4) is 0 Å². The largest absolute Gasteiger partial charge is 0.399 e. The van der Waals surface area contributed by atoms with Gasteiger partial charge in [-0.05, 0) is 73.2 Å². The molecule has 0 radical (unpaired) electrons. The maximum atomic E-state index is 12.1. The minimum Gasteiger partial charge on any atom is -0.399 e. The van der Waals surface area contributed by atoms with Gasteiger partial charge in [-0.15, -0.1) is 11.3 Å². The number of nitrogens with two attached hydrogens (primary N) is 1. The number of aryl methyl sites for hydroxylation is 1. The molecule has 0 fully saturated rings. The van der Waals surface area contributed by atoms with Gasteiger partial charge in [0.25, 0.3) is 0 Å². The summed E-state index contributed by atoms with van der Waals surface area (Å²) in [6.45, 7) is 2.08. The standard InChI is InChI=1S/C21H18N4OS/c1-13-2-11-18-19(12-13)27-20(25-18)14-3-7-16(8-4-14)23-21(26)24-17-9-5-15(22)6-10-17/h2-12H,22H2,1H3,(H2,23,24,26). The van der Waals surface area contributed by atoms with Crippen LogP contribution in [0.4, 0.5) is 21.9 Å². The normalized spacial score (nSPS) is 10.7. The molecule has 0 saturated heterocycles. The number of carbonyl (C=O) groups excluding carboxylic acids is 1. The Morgan fingerprint density at radius 1 is 0.926 bits per heavy atom. The summed E-state index contributed by atoms with van der Waals surface area (Å²) in [6.07, 6.45) is 0. The molecule has 2 amide bonds. The van der Waals surface area contributed by atoms with Crippen molar-refractivity contribution in [2.24, 2.45) is 0 Å². The predicted octanol–water partition coefficient (Wildman–Crippen LogP) is 5.50. The van der Waals surface area contributed by atoms with Gasteiger partial charge in [0.15, 0.2) is 0 Å². The van der Waals surface area contributed by atoms with E-state index in [9.17, 15) is 4.79 Å². The molecule has 3 aromatic carbocycles. The molecular weight excluding hydrogens is 356 g/mol. The number of amides is 2. The van der Waals surface area contributed by atoms with Crippen molar-refractivity contribution in [3.05, 3.63) is 72.3 Å². The Bertz CT molecular complexity index is 1100. The number of fused-ring (bicyclic) bond motifs is 1. The lowest BCUT2D eigenvalue weighted by Gasteiger charge is -2.08. The molecule has 4 N–H and O–H groups in total. The van der Waals surface area contributed by atoms with Gasteiger partial charge in [0.1, 0.15) is 5.01 Å². The average molecular weight is 374 g/mol. The second-order valence-corrected chi connectivity index (χ2v) is 7.30. The molecule has 27 heavy (non-hydrogen) atoms. The number of nitrogens with one attached hydrogen (secondary N) is 2. The van der Waals surface area contributed by atoms with Crippen LogP contribution >= 0.6 is 11.3 Å². The van der Waals surface area contributed by atoms with E-state index in [1.807, 2.05) is 30.3 Å². The summed E-state index contributed by atoms with van der Waals surface area (Å²) in [4.78, 5) is 16.8. The molecule has 0 spiro atoms. The first kappa shape index (κ1) is 17.1. The molecule has 6 heteroatoms. The van der Waals surface area contributed by atoms with Crippen molar-refractivity contribution in [1.29, 1.82) is 0 Å². The second-order valence-electron chi connectivity index (χ2n) is 6.27. The van der Waals surface area contributed by atoms with E-state index < -0.39 is 0 Å². The van der Waals surface area contributed by atoms with Crippen molar-refractivity contribution in [1.82, 2.24) is 4.98 Å². The summed E-state index contributed by atoms with van der Waals surface area (Å²) in [5.41, 5.74) is 10.9. The van der Waals surface area contributed by atoms with Gasteiger partial charge in [0.2, 0.25) is 0 Å². The van der Waals surface area contributed by atoms with Gasteiger partial charge in [0.05, 0.1) is 10.2 Å². The number of urea groups is 1. The van der Waals surface area contributed by atoms with Crippen LogP contribution in [0.2, 0.25) is 0 Å². The summed E-state index contributed by atoms with van der Waals surface area (Å²) in [6, 6.07) is 20.6. The maximum Gasteiger partial charge on any atom is 0.323 e. The SMILES string of the molecule is Cc1ccc2nc(-c3ccc(NC(=O)Nc4ccc(N)cc4)cc3)sc2c1. The zero-order chi connectivity index (χ0) is 18.8. The third kappa shape index (κ3) is 3.91. The van der Waals surface area contributed by atoms with Crippen LogP contribution in [0, 0.1) is 6.92 Å². The van der Waals surface area contributed by atoms with Gasteiger partial charge in [-0.2, -0.15) is 0 Å². The number of thiazole rings is 1. The topological polar surface area (TPSA) is 80.0 Å². The Morgan fingerprint density at radius 3 is 2.22 bits per heavy atom. The average Bonchev–Trinajstić information content (AvgIpc) is 3.07. The highest BCUT2D eigenvalue weighted by Crippen LogP contribution is 2.31. The third-order valence-electron chi connectivity index (χ3n) is 4.10. The number of benzene rings is 3. The zero-order valence-corrected chi connectivity index (χ0v) is 15.5. The minimum atomic E-state index is -0.303. The van der Waals surface area contributed by atoms with E-state index in [1.165, 1.54) is 10.3 Å². The molecule has 0 aliphatic heterocycles. The fourth-order valence-corrected chi connectivity index (χ4v) is 3.78. The molecule has 0 unspecified atom stereocenters. The van der Waals surface area contributed by atoms with E-state index in [0.717, 1.165) is 16.1 Å². The van der Waals surface area contributed by atoms with Crippen LogP contribution in [0.25, 0.3) is 20.8 Å². The van der Waals surface area contributed by atoms with Crippen molar-refractivity contribution in [2.45, 2.75) is 6.92 Å². The predicted molar refractivity (Wildman–Crippen MR) is 113 cm³/mol. The zero-order valence-electron chi connectivity index (χ0n) is 14.7. The lowest BCUT2D eigenvalue weighted by atomic mass is 10.2. The van der Waals surface area contributed by atoms with Crippen LogP contribution in [-0.2, 0) is 0 Å². The van der Waals surface area contributed by atoms with Crippen LogP contribution in [0.15, 0.2) is 66.7 Å². The Morgan fingerprint density at radius 2 is 1.56 bits per heavy atom. The molecule has 0 bridgehead atoms. The van der Waals surface area contributed by atoms with Crippen molar-refractivity contribution < 1.29 is 4.79 Å². The number of aromatic nitrogens is 1. The first-order chi connectivity index (χ1) is 13.1. The first-order valence-electron chi connectivity index (χ1n) is 8.48. The van der Waals surface area contributed by atoms with Gasteiger partial charge in [-0.3, -0.25) is 0 Å². The van der Waals surface area contributed by atoms with E-state index in [1.54, 1.807) is 35.6 Å².